The van der Waals surface area contributed by atoms with Gasteiger partial charge in [0.25, 0.3) is 5.91 Å². The minimum atomic E-state index is -0.934. The Balaban J connectivity index is 1.40. The van der Waals surface area contributed by atoms with Crippen LogP contribution >= 0.6 is 23.4 Å². The van der Waals surface area contributed by atoms with Gasteiger partial charge < -0.3 is 24.5 Å². The summed E-state index contributed by atoms with van der Waals surface area (Å²) < 4.78 is 4.64. The highest BCUT2D eigenvalue weighted by Gasteiger charge is 2.71. The monoisotopic (exact) mass is 593 g/mol. The number of nitrogens with zero attached hydrogens (tertiary/aromatic N) is 3. The van der Waals surface area contributed by atoms with Gasteiger partial charge in [-0.25, -0.2) is 0 Å². The molecule has 0 aliphatic carbocycles. The molecule has 10 heteroatoms. The van der Waals surface area contributed by atoms with Crippen LogP contribution in [0, 0.1) is 11.8 Å². The fourth-order valence-corrected chi connectivity index (χ4v) is 8.87. The number of fused-ring (bicyclic) bond motifs is 2. The summed E-state index contributed by atoms with van der Waals surface area (Å²) in [6, 6.07) is 13.7. The number of halogens is 1. The van der Waals surface area contributed by atoms with Crippen LogP contribution in [0.3, 0.4) is 0 Å². The molecule has 0 radical (unpaired) electrons. The van der Waals surface area contributed by atoms with Crippen LogP contribution in [-0.2, 0) is 14.4 Å². The van der Waals surface area contributed by atoms with E-state index >= 15 is 0 Å². The first-order valence-electron chi connectivity index (χ1n) is 13.9. The summed E-state index contributed by atoms with van der Waals surface area (Å²) in [5, 5.41) is 9.81. The number of likely N-dealkylation sites (tertiary alicyclic amines) is 1. The molecule has 2 aromatic carbocycles. The molecule has 4 heterocycles. The van der Waals surface area contributed by atoms with Crippen LogP contribution in [0.1, 0.15) is 13.3 Å². The third kappa shape index (κ3) is 4.54. The van der Waals surface area contributed by atoms with E-state index in [2.05, 4.69) is 0 Å². The lowest BCUT2D eigenvalue weighted by molar-refractivity contribution is -0.138. The molecule has 8 nitrogen and oxygen atoms in total. The van der Waals surface area contributed by atoms with Crippen molar-refractivity contribution in [2.75, 3.05) is 42.6 Å². The van der Waals surface area contributed by atoms with Crippen LogP contribution in [0.2, 0.25) is 5.02 Å². The van der Waals surface area contributed by atoms with E-state index in [-0.39, 0.29) is 36.1 Å². The Morgan fingerprint density at radius 3 is 2.49 bits per heavy atom. The zero-order valence-corrected chi connectivity index (χ0v) is 24.3. The number of ether oxygens (including phenoxy) is 1. The van der Waals surface area contributed by atoms with Gasteiger partial charge in [0.15, 0.2) is 0 Å². The van der Waals surface area contributed by atoms with E-state index in [0.717, 1.165) is 11.4 Å². The van der Waals surface area contributed by atoms with Gasteiger partial charge in [-0.15, -0.1) is 11.8 Å². The summed E-state index contributed by atoms with van der Waals surface area (Å²) in [4.78, 5) is 47.9. The lowest BCUT2D eigenvalue weighted by atomic mass is 9.78. The molecule has 4 aliphatic rings. The highest BCUT2D eigenvalue weighted by Crippen LogP contribution is 2.61. The molecule has 1 N–H and O–H groups in total. The average molecular weight is 594 g/mol. The molecular weight excluding hydrogens is 562 g/mol. The van der Waals surface area contributed by atoms with Gasteiger partial charge in [0, 0.05) is 37.2 Å². The molecule has 5 atom stereocenters. The first-order valence-corrected chi connectivity index (χ1v) is 15.2. The van der Waals surface area contributed by atoms with Gasteiger partial charge in [0.2, 0.25) is 11.8 Å². The SMILES string of the molecule is CCOc1ccc(N2CC=C[C@H]3S[C@]45C=CCN(c6ccccc6Cl)C(=O)C4N(CCCO)C(=O)[C@@H]5[C@H]3C2=O)cc1. The lowest BCUT2D eigenvalue weighted by Crippen LogP contribution is -2.53. The highest BCUT2D eigenvalue weighted by atomic mass is 35.5. The second-order valence-electron chi connectivity index (χ2n) is 10.6. The Kier molecular flexibility index (Phi) is 7.61. The molecule has 6 rings (SSSR count). The molecule has 1 spiro atoms. The number of carbonyl (C=O) groups is 3. The number of aliphatic hydroxyl groups is 1. The second kappa shape index (κ2) is 11.2. The summed E-state index contributed by atoms with van der Waals surface area (Å²) >= 11 is 8.04. The van der Waals surface area contributed by atoms with Gasteiger partial charge >= 0.3 is 0 Å². The Hall–Kier alpha value is -3.27. The molecule has 214 valence electrons. The molecule has 2 fully saturated rings. The maximum atomic E-state index is 14.4. The Labute approximate surface area is 248 Å². The number of thioether (sulfide) groups is 1. The smallest absolute Gasteiger partial charge is 0.251 e. The summed E-state index contributed by atoms with van der Waals surface area (Å²) in [5.41, 5.74) is 1.31. The fraction of sp³-hybridized carbons (Fsp3) is 0.387. The van der Waals surface area contributed by atoms with E-state index < -0.39 is 22.6 Å². The molecule has 4 aliphatic heterocycles. The van der Waals surface area contributed by atoms with Gasteiger partial charge in [-0.3, -0.25) is 14.4 Å². The fourth-order valence-electron chi connectivity index (χ4n) is 6.63. The third-order valence-corrected chi connectivity index (χ3v) is 10.4. The molecule has 0 saturated carbocycles. The van der Waals surface area contributed by atoms with Crippen molar-refractivity contribution in [2.24, 2.45) is 11.8 Å². The predicted molar refractivity (Wildman–Crippen MR) is 160 cm³/mol. The molecule has 0 aromatic heterocycles. The van der Waals surface area contributed by atoms with Gasteiger partial charge in [-0.05, 0) is 49.7 Å². The van der Waals surface area contributed by atoms with Crippen molar-refractivity contribution in [3.8, 4) is 5.75 Å². The zero-order valence-electron chi connectivity index (χ0n) is 22.7. The molecule has 0 bridgehead atoms. The Morgan fingerprint density at radius 2 is 1.76 bits per heavy atom. The van der Waals surface area contributed by atoms with Crippen LogP contribution in [0.15, 0.2) is 72.8 Å². The van der Waals surface area contributed by atoms with E-state index in [4.69, 9.17) is 16.3 Å². The molecule has 3 amide bonds. The van der Waals surface area contributed by atoms with Crippen LogP contribution in [0.5, 0.6) is 5.75 Å². The van der Waals surface area contributed by atoms with Crippen LogP contribution in [0.4, 0.5) is 11.4 Å². The van der Waals surface area contributed by atoms with Crippen molar-refractivity contribution >= 4 is 52.5 Å². The highest BCUT2D eigenvalue weighted by molar-refractivity contribution is 8.02. The van der Waals surface area contributed by atoms with Crippen LogP contribution in [0.25, 0.3) is 0 Å². The zero-order chi connectivity index (χ0) is 28.7. The molecule has 2 saturated heterocycles. The average Bonchev–Trinajstić information content (AvgIpc) is 3.28. The van der Waals surface area contributed by atoms with Gasteiger partial charge in [0.1, 0.15) is 11.8 Å². The van der Waals surface area contributed by atoms with Crippen molar-refractivity contribution in [2.45, 2.75) is 29.4 Å². The Morgan fingerprint density at radius 1 is 1.00 bits per heavy atom. The quantitative estimate of drug-likeness (QED) is 0.490. The summed E-state index contributed by atoms with van der Waals surface area (Å²) in [6.45, 7) is 3.26. The predicted octanol–water partition coefficient (Wildman–Crippen LogP) is 3.92. The third-order valence-electron chi connectivity index (χ3n) is 8.32. The molecular formula is C31H32ClN3O5S. The number of hydrogen-bond donors (Lipinski definition) is 1. The lowest BCUT2D eigenvalue weighted by Gasteiger charge is -2.35. The number of aliphatic hydroxyl groups excluding tert-OH is 1. The van der Waals surface area contributed by atoms with Crippen molar-refractivity contribution in [1.82, 2.24) is 4.90 Å². The van der Waals surface area contributed by atoms with E-state index in [1.54, 1.807) is 26.8 Å². The molecule has 1 unspecified atom stereocenters. The van der Waals surface area contributed by atoms with Crippen molar-refractivity contribution in [1.29, 1.82) is 0 Å². The normalized spacial score (nSPS) is 28.9. The molecule has 2 aromatic rings. The van der Waals surface area contributed by atoms with E-state index in [1.165, 1.54) is 11.8 Å². The molecule has 41 heavy (non-hydrogen) atoms. The summed E-state index contributed by atoms with van der Waals surface area (Å²) in [6.07, 6.45) is 8.24. The summed E-state index contributed by atoms with van der Waals surface area (Å²) in [7, 11) is 0. The van der Waals surface area contributed by atoms with Gasteiger partial charge in [-0.1, -0.05) is 48.0 Å². The van der Waals surface area contributed by atoms with Crippen molar-refractivity contribution in [3.63, 3.8) is 0 Å². The number of rotatable bonds is 7. The number of carbonyl (C=O) groups excluding carboxylic acids is 3. The van der Waals surface area contributed by atoms with Crippen molar-refractivity contribution in [3.05, 3.63) is 77.9 Å². The number of anilines is 2. The van der Waals surface area contributed by atoms with Crippen LogP contribution in [-0.4, -0.2) is 76.6 Å². The maximum Gasteiger partial charge on any atom is 0.251 e. The van der Waals surface area contributed by atoms with E-state index in [1.807, 2.05) is 67.6 Å². The van der Waals surface area contributed by atoms with E-state index in [0.29, 0.717) is 36.8 Å². The summed E-state index contributed by atoms with van der Waals surface area (Å²) in [5.74, 6) is -1.25. The van der Waals surface area contributed by atoms with Crippen molar-refractivity contribution < 1.29 is 24.2 Å². The largest absolute Gasteiger partial charge is 0.494 e. The van der Waals surface area contributed by atoms with Gasteiger partial charge in [-0.2, -0.15) is 0 Å². The Bertz CT molecular complexity index is 1410. The first-order chi connectivity index (χ1) is 19.9. The first kappa shape index (κ1) is 27.9. The number of para-hydroxylation sites is 1. The topological polar surface area (TPSA) is 90.4 Å². The number of benzene rings is 2. The standard InChI is InChI=1S/C31H32ClN3O5S/c1-2-40-21-13-11-20(12-14-21)33-16-5-10-24-25(28(33)37)26-29(38)35(18-7-19-36)27-30(39)34(17-6-15-31(26,27)41-24)23-9-4-3-8-22(23)32/h3-6,8-15,24-27,36H,2,7,16-19H2,1H3/t24-,25+,26+,27?,31+/m1/s1. The minimum Gasteiger partial charge on any atom is -0.494 e. The van der Waals surface area contributed by atoms with Crippen LogP contribution < -0.4 is 14.5 Å². The minimum absolute atomic E-state index is 0.112. The maximum absolute atomic E-state index is 14.4. The van der Waals surface area contributed by atoms with Gasteiger partial charge in [0.05, 0.1) is 33.9 Å². The van der Waals surface area contributed by atoms with E-state index in [9.17, 15) is 19.5 Å². The number of hydrogen-bond acceptors (Lipinski definition) is 6. The second-order valence-corrected chi connectivity index (χ2v) is 12.5. The number of amides is 3.